The monoisotopic (exact) mass is 210 g/mol. The zero-order valence-electron chi connectivity index (χ0n) is 8.45. The van der Waals surface area contributed by atoms with Crippen molar-refractivity contribution in [1.29, 1.82) is 5.26 Å². The quantitative estimate of drug-likeness (QED) is 0.810. The molecule has 0 saturated carbocycles. The average Bonchev–Trinajstić information content (AvgIpc) is 2.64. The van der Waals surface area contributed by atoms with Gasteiger partial charge < -0.3 is 5.32 Å². The van der Waals surface area contributed by atoms with Crippen molar-refractivity contribution in [3.8, 4) is 6.07 Å². The zero-order chi connectivity index (χ0) is 10.4. The van der Waals surface area contributed by atoms with E-state index in [1.165, 1.54) is 11.3 Å². The third kappa shape index (κ3) is 3.71. The van der Waals surface area contributed by atoms with Gasteiger partial charge in [-0.05, 0) is 11.8 Å². The van der Waals surface area contributed by atoms with Crippen molar-refractivity contribution < 1.29 is 0 Å². The first kappa shape index (κ1) is 10.9. The Bertz CT molecular complexity index is 299. The Morgan fingerprint density at radius 3 is 3.00 bits per heavy atom. The summed E-state index contributed by atoms with van der Waals surface area (Å²) < 4.78 is 0. The largest absolute Gasteiger partial charge is 0.360 e. The summed E-state index contributed by atoms with van der Waals surface area (Å²) in [5.41, 5.74) is 1.83. The van der Waals surface area contributed by atoms with Crippen molar-refractivity contribution in [3.63, 3.8) is 0 Å². The van der Waals surface area contributed by atoms with Gasteiger partial charge in [-0.3, -0.25) is 0 Å². The van der Waals surface area contributed by atoms with Gasteiger partial charge in [0.05, 0.1) is 6.07 Å². The SMILES string of the molecule is CC(C)(CCC#N)CNc1nncs1. The van der Waals surface area contributed by atoms with Crippen LogP contribution in [0.5, 0.6) is 0 Å². The maximum absolute atomic E-state index is 8.49. The summed E-state index contributed by atoms with van der Waals surface area (Å²) in [7, 11) is 0. The second-order valence-corrected chi connectivity index (χ2v) is 4.75. The third-order valence-electron chi connectivity index (χ3n) is 1.99. The maximum atomic E-state index is 8.49. The fraction of sp³-hybridized carbons (Fsp3) is 0.667. The lowest BCUT2D eigenvalue weighted by atomic mass is 9.88. The number of nitriles is 1. The Kier molecular flexibility index (Phi) is 3.84. The van der Waals surface area contributed by atoms with E-state index in [9.17, 15) is 0 Å². The molecule has 0 atom stereocenters. The molecule has 1 aromatic heterocycles. The molecule has 0 aliphatic heterocycles. The number of rotatable bonds is 5. The average molecular weight is 210 g/mol. The molecule has 1 rings (SSSR count). The first-order valence-corrected chi connectivity index (χ1v) is 5.39. The predicted molar refractivity (Wildman–Crippen MR) is 57.0 cm³/mol. The van der Waals surface area contributed by atoms with Gasteiger partial charge in [0.2, 0.25) is 5.13 Å². The van der Waals surface area contributed by atoms with E-state index >= 15 is 0 Å². The standard InChI is InChI=1S/C9H14N4S/c1-9(2,4-3-5-10)6-11-8-13-12-7-14-8/h7H,3-4,6H2,1-2H3,(H,11,13). The highest BCUT2D eigenvalue weighted by Gasteiger charge is 2.17. The number of nitrogens with one attached hydrogen (secondary N) is 1. The van der Waals surface area contributed by atoms with Gasteiger partial charge in [0.15, 0.2) is 0 Å². The summed E-state index contributed by atoms with van der Waals surface area (Å²) in [6, 6.07) is 2.16. The Morgan fingerprint density at radius 2 is 2.43 bits per heavy atom. The van der Waals surface area contributed by atoms with Crippen molar-refractivity contribution in [1.82, 2.24) is 10.2 Å². The fourth-order valence-electron chi connectivity index (χ4n) is 1.05. The van der Waals surface area contributed by atoms with Crippen LogP contribution in [0.2, 0.25) is 0 Å². The minimum atomic E-state index is 0.126. The molecule has 1 heterocycles. The molecule has 0 fully saturated rings. The lowest BCUT2D eigenvalue weighted by Gasteiger charge is -2.23. The van der Waals surface area contributed by atoms with Crippen molar-refractivity contribution in [2.24, 2.45) is 5.41 Å². The van der Waals surface area contributed by atoms with Gasteiger partial charge in [-0.1, -0.05) is 25.2 Å². The molecule has 0 radical (unpaired) electrons. The Balaban J connectivity index is 2.33. The lowest BCUT2D eigenvalue weighted by Crippen LogP contribution is -2.22. The van der Waals surface area contributed by atoms with Crippen LogP contribution in [0.3, 0.4) is 0 Å². The molecule has 76 valence electrons. The highest BCUT2D eigenvalue weighted by molar-refractivity contribution is 7.13. The molecule has 14 heavy (non-hydrogen) atoms. The summed E-state index contributed by atoms with van der Waals surface area (Å²) in [6.45, 7) is 5.10. The van der Waals surface area contributed by atoms with Crippen LogP contribution in [-0.2, 0) is 0 Å². The summed E-state index contributed by atoms with van der Waals surface area (Å²) >= 11 is 1.49. The molecule has 0 spiro atoms. The van der Waals surface area contributed by atoms with Crippen LogP contribution in [-0.4, -0.2) is 16.7 Å². The van der Waals surface area contributed by atoms with Crippen LogP contribution in [0.4, 0.5) is 5.13 Å². The van der Waals surface area contributed by atoms with Crippen LogP contribution in [0.1, 0.15) is 26.7 Å². The van der Waals surface area contributed by atoms with Crippen molar-refractivity contribution in [2.75, 3.05) is 11.9 Å². The molecule has 4 nitrogen and oxygen atoms in total. The minimum absolute atomic E-state index is 0.126. The number of hydrogen-bond donors (Lipinski definition) is 1. The number of nitrogens with zero attached hydrogens (tertiary/aromatic N) is 3. The summed E-state index contributed by atoms with van der Waals surface area (Å²) in [5.74, 6) is 0. The molecule has 1 N–H and O–H groups in total. The van der Waals surface area contributed by atoms with Gasteiger partial charge in [-0.15, -0.1) is 10.2 Å². The van der Waals surface area contributed by atoms with Crippen molar-refractivity contribution in [3.05, 3.63) is 5.51 Å². The molecule has 0 aliphatic rings. The van der Waals surface area contributed by atoms with Gasteiger partial charge in [0.25, 0.3) is 0 Å². The van der Waals surface area contributed by atoms with E-state index in [1.807, 2.05) is 0 Å². The van der Waals surface area contributed by atoms with Crippen molar-refractivity contribution in [2.45, 2.75) is 26.7 Å². The van der Waals surface area contributed by atoms with Gasteiger partial charge in [-0.25, -0.2) is 0 Å². The highest BCUT2D eigenvalue weighted by atomic mass is 32.1. The molecule has 5 heteroatoms. The Morgan fingerprint density at radius 1 is 1.64 bits per heavy atom. The molecule has 0 aliphatic carbocycles. The molecule has 0 bridgehead atoms. The smallest absolute Gasteiger partial charge is 0.205 e. The molecule has 1 aromatic rings. The molecule has 0 aromatic carbocycles. The van der Waals surface area contributed by atoms with Gasteiger partial charge >= 0.3 is 0 Å². The molecule has 0 saturated heterocycles. The predicted octanol–water partition coefficient (Wildman–Crippen LogP) is 2.28. The normalized spacial score (nSPS) is 10.9. The van der Waals surface area contributed by atoms with Gasteiger partial charge in [-0.2, -0.15) is 5.26 Å². The highest BCUT2D eigenvalue weighted by Crippen LogP contribution is 2.22. The molecule has 0 unspecified atom stereocenters. The fourth-order valence-corrected chi connectivity index (χ4v) is 1.49. The van der Waals surface area contributed by atoms with Crippen LogP contribution < -0.4 is 5.32 Å². The lowest BCUT2D eigenvalue weighted by molar-refractivity contribution is 0.363. The van der Waals surface area contributed by atoms with E-state index in [0.717, 1.165) is 18.1 Å². The molecule has 0 amide bonds. The summed E-state index contributed by atoms with van der Waals surface area (Å²) in [5, 5.41) is 20.2. The first-order valence-electron chi connectivity index (χ1n) is 4.51. The maximum Gasteiger partial charge on any atom is 0.205 e. The number of anilines is 1. The van der Waals surface area contributed by atoms with E-state index in [4.69, 9.17) is 5.26 Å². The Labute approximate surface area is 88.0 Å². The molecular weight excluding hydrogens is 196 g/mol. The topological polar surface area (TPSA) is 61.6 Å². The number of hydrogen-bond acceptors (Lipinski definition) is 5. The summed E-state index contributed by atoms with van der Waals surface area (Å²) in [4.78, 5) is 0. The molecular formula is C9H14N4S. The van der Waals surface area contributed by atoms with E-state index in [-0.39, 0.29) is 5.41 Å². The second kappa shape index (κ2) is 4.91. The van der Waals surface area contributed by atoms with Crippen LogP contribution in [0.25, 0.3) is 0 Å². The zero-order valence-corrected chi connectivity index (χ0v) is 9.27. The van der Waals surface area contributed by atoms with Crippen LogP contribution in [0.15, 0.2) is 5.51 Å². The van der Waals surface area contributed by atoms with Gasteiger partial charge in [0.1, 0.15) is 5.51 Å². The van der Waals surface area contributed by atoms with Crippen LogP contribution >= 0.6 is 11.3 Å². The number of aromatic nitrogens is 2. The van der Waals surface area contributed by atoms with E-state index in [1.54, 1.807) is 5.51 Å². The van der Waals surface area contributed by atoms with Crippen molar-refractivity contribution >= 4 is 16.5 Å². The van der Waals surface area contributed by atoms with E-state index in [0.29, 0.717) is 6.42 Å². The third-order valence-corrected chi connectivity index (χ3v) is 2.64. The van der Waals surface area contributed by atoms with Gasteiger partial charge in [0, 0.05) is 13.0 Å². The van der Waals surface area contributed by atoms with Crippen LogP contribution in [0, 0.1) is 16.7 Å². The minimum Gasteiger partial charge on any atom is -0.360 e. The second-order valence-electron chi connectivity index (χ2n) is 3.92. The Hall–Kier alpha value is -1.15. The van der Waals surface area contributed by atoms with E-state index in [2.05, 4.69) is 35.4 Å². The first-order chi connectivity index (χ1) is 6.64. The summed E-state index contributed by atoms with van der Waals surface area (Å²) in [6.07, 6.45) is 1.50. The van der Waals surface area contributed by atoms with E-state index < -0.39 is 0 Å².